The van der Waals surface area contributed by atoms with E-state index in [2.05, 4.69) is 10.3 Å². The maximum absolute atomic E-state index is 12.1. The highest BCUT2D eigenvalue weighted by Crippen LogP contribution is 2.17. The summed E-state index contributed by atoms with van der Waals surface area (Å²) in [5.41, 5.74) is 9.73. The first-order chi connectivity index (χ1) is 9.10. The molecule has 1 amide bonds. The maximum atomic E-state index is 12.1. The molecule has 1 aromatic heterocycles. The maximum Gasteiger partial charge on any atom is 0.274 e. The summed E-state index contributed by atoms with van der Waals surface area (Å²) < 4.78 is 0. The van der Waals surface area contributed by atoms with Crippen molar-refractivity contribution in [3.05, 3.63) is 58.9 Å². The molecule has 0 atom stereocenters. The van der Waals surface area contributed by atoms with E-state index in [4.69, 9.17) is 5.73 Å². The van der Waals surface area contributed by atoms with Gasteiger partial charge in [0.2, 0.25) is 0 Å². The zero-order valence-corrected chi connectivity index (χ0v) is 11.1. The Balaban J connectivity index is 2.18. The van der Waals surface area contributed by atoms with Crippen molar-refractivity contribution in [3.8, 4) is 0 Å². The fraction of sp³-hybridized carbons (Fsp3) is 0.200. The fourth-order valence-electron chi connectivity index (χ4n) is 1.74. The van der Waals surface area contributed by atoms with Gasteiger partial charge in [-0.25, -0.2) is 0 Å². The summed E-state index contributed by atoms with van der Waals surface area (Å²) >= 11 is 0. The molecule has 0 radical (unpaired) electrons. The summed E-state index contributed by atoms with van der Waals surface area (Å²) in [7, 11) is 0. The van der Waals surface area contributed by atoms with Crippen LogP contribution in [0.3, 0.4) is 0 Å². The van der Waals surface area contributed by atoms with E-state index in [1.807, 2.05) is 38.1 Å². The Labute approximate surface area is 112 Å². The van der Waals surface area contributed by atoms with Crippen molar-refractivity contribution in [2.45, 2.75) is 20.4 Å². The Bertz CT molecular complexity index is 591. The van der Waals surface area contributed by atoms with Gasteiger partial charge in [-0.2, -0.15) is 0 Å². The second-order valence-corrected chi connectivity index (χ2v) is 4.53. The number of nitrogens with one attached hydrogen (secondary N) is 1. The van der Waals surface area contributed by atoms with Gasteiger partial charge in [0, 0.05) is 18.4 Å². The highest BCUT2D eigenvalue weighted by atomic mass is 16.1. The summed E-state index contributed by atoms with van der Waals surface area (Å²) in [6.07, 6.45) is 1.62. The summed E-state index contributed by atoms with van der Waals surface area (Å²) in [5.74, 6) is -0.211. The fourth-order valence-corrected chi connectivity index (χ4v) is 1.74. The monoisotopic (exact) mass is 255 g/mol. The number of hydrogen-bond acceptors (Lipinski definition) is 3. The highest BCUT2D eigenvalue weighted by Gasteiger charge is 2.09. The third kappa shape index (κ3) is 3.17. The van der Waals surface area contributed by atoms with Crippen LogP contribution >= 0.6 is 0 Å². The van der Waals surface area contributed by atoms with Crippen molar-refractivity contribution >= 4 is 11.6 Å². The number of nitrogens with two attached hydrogens (primary N) is 1. The topological polar surface area (TPSA) is 68.0 Å². The number of carbonyl (C=O) groups excluding carboxylic acids is 1. The van der Waals surface area contributed by atoms with Crippen LogP contribution in [0, 0.1) is 13.8 Å². The van der Waals surface area contributed by atoms with Crippen LogP contribution < -0.4 is 11.1 Å². The molecule has 98 valence electrons. The predicted octanol–water partition coefficient (Wildman–Crippen LogP) is 2.41. The van der Waals surface area contributed by atoms with Gasteiger partial charge in [-0.15, -0.1) is 0 Å². The highest BCUT2D eigenvalue weighted by molar-refractivity contribution is 6.03. The van der Waals surface area contributed by atoms with Crippen molar-refractivity contribution in [1.29, 1.82) is 0 Å². The van der Waals surface area contributed by atoms with Gasteiger partial charge in [-0.05, 0) is 42.7 Å². The summed E-state index contributed by atoms with van der Waals surface area (Å²) in [5, 5.41) is 2.87. The number of carbonyl (C=O) groups is 1. The minimum absolute atomic E-state index is 0.211. The number of benzene rings is 1. The van der Waals surface area contributed by atoms with Gasteiger partial charge in [0.1, 0.15) is 5.69 Å². The van der Waals surface area contributed by atoms with Gasteiger partial charge in [0.25, 0.3) is 5.91 Å². The summed E-state index contributed by atoms with van der Waals surface area (Å²) in [4.78, 5) is 16.2. The Hall–Kier alpha value is -2.20. The number of hydrogen-bond donors (Lipinski definition) is 2. The van der Waals surface area contributed by atoms with Crippen LogP contribution in [0.5, 0.6) is 0 Å². The Morgan fingerprint density at radius 2 is 2.05 bits per heavy atom. The SMILES string of the molecule is Cc1ccc(C)c(NC(=O)c2ccc(CN)cn2)c1. The van der Waals surface area contributed by atoms with Crippen LogP contribution in [0.1, 0.15) is 27.2 Å². The molecule has 0 aliphatic heterocycles. The van der Waals surface area contributed by atoms with Gasteiger partial charge < -0.3 is 11.1 Å². The molecule has 0 unspecified atom stereocenters. The third-order valence-corrected chi connectivity index (χ3v) is 2.93. The van der Waals surface area contributed by atoms with Crippen LogP contribution in [-0.4, -0.2) is 10.9 Å². The van der Waals surface area contributed by atoms with Crippen LogP contribution in [-0.2, 0) is 6.54 Å². The largest absolute Gasteiger partial charge is 0.326 e. The van der Waals surface area contributed by atoms with E-state index in [0.717, 1.165) is 22.4 Å². The predicted molar refractivity (Wildman–Crippen MR) is 76.0 cm³/mol. The van der Waals surface area contributed by atoms with Crippen LogP contribution in [0.25, 0.3) is 0 Å². The first kappa shape index (κ1) is 13.2. The van der Waals surface area contributed by atoms with Crippen molar-refractivity contribution in [2.24, 2.45) is 5.73 Å². The minimum atomic E-state index is -0.211. The van der Waals surface area contributed by atoms with E-state index in [9.17, 15) is 4.79 Å². The molecule has 1 heterocycles. The van der Waals surface area contributed by atoms with Crippen LogP contribution in [0.2, 0.25) is 0 Å². The van der Waals surface area contributed by atoms with Crippen LogP contribution in [0.4, 0.5) is 5.69 Å². The molecule has 0 fully saturated rings. The van der Waals surface area contributed by atoms with Crippen molar-refractivity contribution in [2.75, 3.05) is 5.32 Å². The minimum Gasteiger partial charge on any atom is -0.326 e. The van der Waals surface area contributed by atoms with E-state index in [-0.39, 0.29) is 5.91 Å². The molecule has 0 saturated heterocycles. The van der Waals surface area contributed by atoms with Gasteiger partial charge in [0.05, 0.1) is 0 Å². The van der Waals surface area contributed by atoms with Gasteiger partial charge in [-0.3, -0.25) is 9.78 Å². The Morgan fingerprint density at radius 1 is 1.26 bits per heavy atom. The smallest absolute Gasteiger partial charge is 0.274 e. The molecule has 0 saturated carbocycles. The Kier molecular flexibility index (Phi) is 3.92. The van der Waals surface area contributed by atoms with Crippen LogP contribution in [0.15, 0.2) is 36.5 Å². The second kappa shape index (κ2) is 5.63. The zero-order chi connectivity index (χ0) is 13.8. The van der Waals surface area contributed by atoms with Crippen molar-refractivity contribution < 1.29 is 4.79 Å². The average Bonchev–Trinajstić information content (AvgIpc) is 2.43. The molecule has 0 spiro atoms. The van der Waals surface area contributed by atoms with E-state index < -0.39 is 0 Å². The van der Waals surface area contributed by atoms with Gasteiger partial charge >= 0.3 is 0 Å². The quantitative estimate of drug-likeness (QED) is 0.885. The molecule has 4 heteroatoms. The lowest BCUT2D eigenvalue weighted by Crippen LogP contribution is -2.14. The van der Waals surface area contributed by atoms with E-state index in [1.165, 1.54) is 0 Å². The van der Waals surface area contributed by atoms with Gasteiger partial charge in [-0.1, -0.05) is 18.2 Å². The summed E-state index contributed by atoms with van der Waals surface area (Å²) in [6, 6.07) is 9.43. The third-order valence-electron chi connectivity index (χ3n) is 2.93. The first-order valence-corrected chi connectivity index (χ1v) is 6.14. The van der Waals surface area contributed by atoms with Gasteiger partial charge in [0.15, 0.2) is 0 Å². The number of aromatic nitrogens is 1. The number of rotatable bonds is 3. The number of aryl methyl sites for hydroxylation is 2. The molecule has 3 N–H and O–H groups in total. The number of pyridine rings is 1. The molecule has 2 aromatic rings. The average molecular weight is 255 g/mol. The number of amides is 1. The van der Waals surface area contributed by atoms with E-state index in [0.29, 0.717) is 12.2 Å². The van der Waals surface area contributed by atoms with Crippen molar-refractivity contribution in [1.82, 2.24) is 4.98 Å². The van der Waals surface area contributed by atoms with Crippen molar-refractivity contribution in [3.63, 3.8) is 0 Å². The Morgan fingerprint density at radius 3 is 2.68 bits per heavy atom. The molecule has 2 rings (SSSR count). The zero-order valence-electron chi connectivity index (χ0n) is 11.1. The molecule has 0 bridgehead atoms. The molecule has 1 aromatic carbocycles. The molecular formula is C15H17N3O. The lowest BCUT2D eigenvalue weighted by molar-refractivity contribution is 0.102. The lowest BCUT2D eigenvalue weighted by Gasteiger charge is -2.09. The number of nitrogens with zero attached hydrogens (tertiary/aromatic N) is 1. The normalized spacial score (nSPS) is 10.3. The molecule has 19 heavy (non-hydrogen) atoms. The lowest BCUT2D eigenvalue weighted by atomic mass is 10.1. The molecular weight excluding hydrogens is 238 g/mol. The first-order valence-electron chi connectivity index (χ1n) is 6.14. The standard InChI is InChI=1S/C15H17N3O/c1-10-3-4-11(2)14(7-10)18-15(19)13-6-5-12(8-16)9-17-13/h3-7,9H,8,16H2,1-2H3,(H,18,19). The van der Waals surface area contributed by atoms with E-state index in [1.54, 1.807) is 12.3 Å². The molecule has 0 aliphatic carbocycles. The molecule has 0 aliphatic rings. The number of anilines is 1. The summed E-state index contributed by atoms with van der Waals surface area (Å²) in [6.45, 7) is 4.37. The van der Waals surface area contributed by atoms with E-state index >= 15 is 0 Å². The molecule has 4 nitrogen and oxygen atoms in total. The second-order valence-electron chi connectivity index (χ2n) is 4.53.